The largest absolute Gasteiger partial charge is 0.304 e. The molecule has 1 atom stereocenters. The minimum atomic E-state index is -0.304. The predicted octanol–water partition coefficient (Wildman–Crippen LogP) is 3.94. The van der Waals surface area contributed by atoms with E-state index in [-0.39, 0.29) is 11.9 Å². The lowest BCUT2D eigenvalue weighted by atomic mass is 10.1. The molecule has 0 aliphatic rings. The maximum Gasteiger partial charge on any atom is 0.129 e. The Kier molecular flexibility index (Phi) is 4.32. The number of halogens is 2. The Morgan fingerprint density at radius 1 is 1.50 bits per heavy atom. The summed E-state index contributed by atoms with van der Waals surface area (Å²) in [5, 5.41) is 6.45. The smallest absolute Gasteiger partial charge is 0.129 e. The Balaban J connectivity index is 2.47. The van der Waals surface area contributed by atoms with Gasteiger partial charge >= 0.3 is 0 Å². The third-order valence-corrected chi connectivity index (χ3v) is 3.94. The summed E-state index contributed by atoms with van der Waals surface area (Å²) in [5.41, 5.74) is 1.40. The van der Waals surface area contributed by atoms with E-state index in [0.29, 0.717) is 17.1 Å². The number of nitrogens with zero attached hydrogens (tertiary/aromatic N) is 1. The van der Waals surface area contributed by atoms with Crippen LogP contribution in [0.15, 0.2) is 23.6 Å². The third kappa shape index (κ3) is 2.71. The molecule has 1 heterocycles. The molecule has 5 heteroatoms. The van der Waals surface area contributed by atoms with Crippen molar-refractivity contribution in [2.24, 2.45) is 0 Å². The Bertz CT molecular complexity index is 521. The van der Waals surface area contributed by atoms with Gasteiger partial charge in [0.2, 0.25) is 0 Å². The van der Waals surface area contributed by atoms with Crippen molar-refractivity contribution in [3.8, 4) is 0 Å². The van der Waals surface area contributed by atoms with E-state index in [1.54, 1.807) is 12.1 Å². The molecule has 2 aromatic rings. The molecule has 18 heavy (non-hydrogen) atoms. The van der Waals surface area contributed by atoms with Crippen LogP contribution in [0.5, 0.6) is 0 Å². The van der Waals surface area contributed by atoms with Gasteiger partial charge in [-0.1, -0.05) is 24.6 Å². The third-order valence-electron chi connectivity index (χ3n) is 2.58. The lowest BCUT2D eigenvalue weighted by Gasteiger charge is -2.17. The summed E-state index contributed by atoms with van der Waals surface area (Å²) >= 11 is 7.62. The van der Waals surface area contributed by atoms with Gasteiger partial charge in [0, 0.05) is 21.7 Å². The highest BCUT2D eigenvalue weighted by atomic mass is 35.5. The van der Waals surface area contributed by atoms with Crippen LogP contribution in [-0.4, -0.2) is 11.5 Å². The molecule has 2 nitrogen and oxygen atoms in total. The van der Waals surface area contributed by atoms with Gasteiger partial charge in [0.15, 0.2) is 0 Å². The summed E-state index contributed by atoms with van der Waals surface area (Å²) in [6.45, 7) is 4.61. The quantitative estimate of drug-likeness (QED) is 0.920. The first-order valence-electron chi connectivity index (χ1n) is 5.72. The van der Waals surface area contributed by atoms with Crippen LogP contribution >= 0.6 is 22.9 Å². The van der Waals surface area contributed by atoms with Crippen LogP contribution in [0.25, 0.3) is 0 Å². The molecule has 1 N–H and O–H groups in total. The zero-order chi connectivity index (χ0) is 13.1. The van der Waals surface area contributed by atoms with E-state index in [9.17, 15) is 4.39 Å². The van der Waals surface area contributed by atoms with Crippen molar-refractivity contribution in [1.29, 1.82) is 0 Å². The van der Waals surface area contributed by atoms with Crippen molar-refractivity contribution >= 4 is 22.9 Å². The highest BCUT2D eigenvalue weighted by Gasteiger charge is 2.22. The number of hydrogen-bond donors (Lipinski definition) is 1. The second-order valence-corrected chi connectivity index (χ2v) is 5.25. The van der Waals surface area contributed by atoms with E-state index < -0.39 is 0 Å². The summed E-state index contributed by atoms with van der Waals surface area (Å²) in [6, 6.07) is 4.44. The number of aromatic nitrogens is 1. The standard InChI is InChI=1S/C13H14ClFN2S/c1-3-16-12(13-17-8(2)7-18-13)11-9(14)5-4-6-10(11)15/h4-7,12,16H,3H2,1-2H3. The van der Waals surface area contributed by atoms with E-state index in [1.807, 2.05) is 19.2 Å². The lowest BCUT2D eigenvalue weighted by Crippen LogP contribution is -2.23. The van der Waals surface area contributed by atoms with Crippen molar-refractivity contribution in [1.82, 2.24) is 10.3 Å². The number of benzene rings is 1. The van der Waals surface area contributed by atoms with Gasteiger partial charge in [-0.3, -0.25) is 0 Å². The van der Waals surface area contributed by atoms with E-state index >= 15 is 0 Å². The molecule has 1 unspecified atom stereocenters. The molecule has 0 saturated heterocycles. The van der Waals surface area contributed by atoms with Gasteiger partial charge < -0.3 is 5.32 Å². The van der Waals surface area contributed by atoms with Crippen molar-refractivity contribution < 1.29 is 4.39 Å². The molecule has 0 spiro atoms. The number of rotatable bonds is 4. The van der Waals surface area contributed by atoms with Crippen molar-refractivity contribution in [2.75, 3.05) is 6.54 Å². The van der Waals surface area contributed by atoms with Gasteiger partial charge in [0.05, 0.1) is 6.04 Å². The maximum atomic E-state index is 14.0. The number of hydrogen-bond acceptors (Lipinski definition) is 3. The fourth-order valence-corrected chi connectivity index (χ4v) is 2.96. The maximum absolute atomic E-state index is 14.0. The molecule has 0 amide bonds. The molecule has 0 saturated carbocycles. The average molecular weight is 285 g/mol. The van der Waals surface area contributed by atoms with Crippen LogP contribution in [-0.2, 0) is 0 Å². The zero-order valence-electron chi connectivity index (χ0n) is 10.2. The molecule has 0 aliphatic heterocycles. The Labute approximate surface area is 115 Å². The monoisotopic (exact) mass is 284 g/mol. The second-order valence-electron chi connectivity index (χ2n) is 3.95. The molecular formula is C13H14ClFN2S. The molecule has 2 rings (SSSR count). The minimum absolute atomic E-state index is 0.289. The molecule has 96 valence electrons. The lowest BCUT2D eigenvalue weighted by molar-refractivity contribution is 0.557. The normalized spacial score (nSPS) is 12.7. The summed E-state index contributed by atoms with van der Waals surface area (Å²) in [6.07, 6.45) is 0. The van der Waals surface area contributed by atoms with Crippen LogP contribution in [0.4, 0.5) is 4.39 Å². The van der Waals surface area contributed by atoms with E-state index in [2.05, 4.69) is 10.3 Å². The van der Waals surface area contributed by atoms with Crippen LogP contribution in [0.3, 0.4) is 0 Å². The van der Waals surface area contributed by atoms with Gasteiger partial charge in [0.25, 0.3) is 0 Å². The Hall–Kier alpha value is -0.970. The molecule has 0 bridgehead atoms. The van der Waals surface area contributed by atoms with Crippen LogP contribution in [0, 0.1) is 12.7 Å². The number of nitrogens with one attached hydrogen (secondary N) is 1. The van der Waals surface area contributed by atoms with Gasteiger partial charge in [-0.15, -0.1) is 11.3 Å². The predicted molar refractivity (Wildman–Crippen MR) is 73.8 cm³/mol. The van der Waals surface area contributed by atoms with Crippen molar-refractivity contribution in [3.63, 3.8) is 0 Å². The van der Waals surface area contributed by atoms with Crippen molar-refractivity contribution in [2.45, 2.75) is 19.9 Å². The summed E-state index contributed by atoms with van der Waals surface area (Å²) in [5.74, 6) is -0.304. The van der Waals surface area contributed by atoms with Gasteiger partial charge in [-0.2, -0.15) is 0 Å². The molecular weight excluding hydrogens is 271 g/mol. The highest BCUT2D eigenvalue weighted by molar-refractivity contribution is 7.09. The first-order chi connectivity index (χ1) is 8.63. The van der Waals surface area contributed by atoms with E-state index in [1.165, 1.54) is 17.4 Å². The molecule has 1 aromatic carbocycles. The van der Waals surface area contributed by atoms with Crippen LogP contribution in [0.2, 0.25) is 5.02 Å². The second kappa shape index (κ2) is 5.78. The highest BCUT2D eigenvalue weighted by Crippen LogP contribution is 2.32. The van der Waals surface area contributed by atoms with E-state index in [4.69, 9.17) is 11.6 Å². The Morgan fingerprint density at radius 2 is 2.28 bits per heavy atom. The van der Waals surface area contributed by atoms with Gasteiger partial charge in [-0.25, -0.2) is 9.37 Å². The summed E-state index contributed by atoms with van der Waals surface area (Å²) in [4.78, 5) is 4.42. The molecule has 0 aliphatic carbocycles. The number of thiazole rings is 1. The Morgan fingerprint density at radius 3 is 2.83 bits per heavy atom. The zero-order valence-corrected chi connectivity index (χ0v) is 11.8. The minimum Gasteiger partial charge on any atom is -0.304 e. The average Bonchev–Trinajstić information content (AvgIpc) is 2.74. The molecule has 1 aromatic heterocycles. The fraction of sp³-hybridized carbons (Fsp3) is 0.308. The van der Waals surface area contributed by atoms with E-state index in [0.717, 1.165) is 10.7 Å². The van der Waals surface area contributed by atoms with Gasteiger partial charge in [0.1, 0.15) is 10.8 Å². The van der Waals surface area contributed by atoms with Crippen LogP contribution < -0.4 is 5.32 Å². The number of aryl methyl sites for hydroxylation is 1. The van der Waals surface area contributed by atoms with Crippen molar-refractivity contribution in [3.05, 3.63) is 50.7 Å². The summed E-state index contributed by atoms with van der Waals surface area (Å²) in [7, 11) is 0. The van der Waals surface area contributed by atoms with Gasteiger partial charge in [-0.05, 0) is 25.6 Å². The first kappa shape index (κ1) is 13.5. The topological polar surface area (TPSA) is 24.9 Å². The van der Waals surface area contributed by atoms with Crippen LogP contribution in [0.1, 0.15) is 29.2 Å². The first-order valence-corrected chi connectivity index (χ1v) is 6.98. The summed E-state index contributed by atoms with van der Waals surface area (Å²) < 4.78 is 14.0. The fourth-order valence-electron chi connectivity index (χ4n) is 1.81. The molecule has 0 fully saturated rings. The molecule has 0 radical (unpaired) electrons. The SMILES string of the molecule is CCNC(c1nc(C)cs1)c1c(F)cccc1Cl.